The Hall–Kier alpha value is -3.78. The van der Waals surface area contributed by atoms with E-state index in [1.165, 1.54) is 17.8 Å². The molecule has 180 valence electrons. The molecule has 1 aliphatic carbocycles. The molecule has 0 aliphatic heterocycles. The zero-order valence-corrected chi connectivity index (χ0v) is 20.0. The number of carbonyl (C=O) groups is 3. The smallest absolute Gasteiger partial charge is 0.411 e. The van der Waals surface area contributed by atoms with Gasteiger partial charge in [0.1, 0.15) is 12.6 Å². The zero-order chi connectivity index (χ0) is 24.8. The van der Waals surface area contributed by atoms with Crippen LogP contribution in [0, 0.1) is 0 Å². The summed E-state index contributed by atoms with van der Waals surface area (Å²) in [6, 6.07) is 21.5. The van der Waals surface area contributed by atoms with Gasteiger partial charge in [-0.05, 0) is 58.9 Å². The Morgan fingerprint density at radius 1 is 0.971 bits per heavy atom. The minimum absolute atomic E-state index is 0.0560. The van der Waals surface area contributed by atoms with E-state index in [1.807, 2.05) is 42.7 Å². The van der Waals surface area contributed by atoms with Crippen LogP contribution < -0.4 is 10.6 Å². The van der Waals surface area contributed by atoms with Gasteiger partial charge in [0.25, 0.3) is 5.91 Å². The molecule has 0 saturated carbocycles. The summed E-state index contributed by atoms with van der Waals surface area (Å²) in [5, 5.41) is 14.5. The Labute approximate surface area is 207 Å². The molecule has 0 heterocycles. The molecule has 0 aromatic heterocycles. The summed E-state index contributed by atoms with van der Waals surface area (Å²) in [7, 11) is 0. The van der Waals surface area contributed by atoms with Crippen LogP contribution in [0.15, 0.2) is 72.8 Å². The van der Waals surface area contributed by atoms with E-state index < -0.39 is 24.0 Å². The fourth-order valence-corrected chi connectivity index (χ4v) is 4.70. The predicted molar refractivity (Wildman–Crippen MR) is 137 cm³/mol. The topological polar surface area (TPSA) is 105 Å². The molecular formula is C27H26N2O5S. The fraction of sp³-hybridized carbons (Fsp3) is 0.222. The van der Waals surface area contributed by atoms with Crippen molar-refractivity contribution in [3.05, 3.63) is 89.5 Å². The van der Waals surface area contributed by atoms with E-state index in [9.17, 15) is 19.5 Å². The number of carboxylic acids is 1. The SMILES string of the molecule is CSCC[C@@H](NC(=O)c1cccc(NC(=O)OCC2c3ccccc3-c3ccccc32)c1)C(=O)O. The Morgan fingerprint density at radius 3 is 2.26 bits per heavy atom. The van der Waals surface area contributed by atoms with Crippen LogP contribution in [0.4, 0.5) is 10.5 Å². The molecule has 8 heteroatoms. The number of thioether (sulfide) groups is 1. The van der Waals surface area contributed by atoms with Crippen molar-refractivity contribution in [1.82, 2.24) is 5.32 Å². The van der Waals surface area contributed by atoms with Gasteiger partial charge in [0, 0.05) is 17.2 Å². The summed E-state index contributed by atoms with van der Waals surface area (Å²) in [5.74, 6) is -1.05. The maximum absolute atomic E-state index is 12.6. The number of aliphatic carboxylic acids is 1. The molecule has 0 bridgehead atoms. The molecular weight excluding hydrogens is 464 g/mol. The molecule has 0 unspecified atom stereocenters. The number of hydrogen-bond acceptors (Lipinski definition) is 5. The lowest BCUT2D eigenvalue weighted by molar-refractivity contribution is -0.139. The second-order valence-electron chi connectivity index (χ2n) is 8.18. The molecule has 3 aromatic carbocycles. The van der Waals surface area contributed by atoms with Crippen molar-refractivity contribution in [2.75, 3.05) is 23.9 Å². The third-order valence-corrected chi connectivity index (χ3v) is 6.57. The molecule has 1 atom stereocenters. The van der Waals surface area contributed by atoms with Crippen LogP contribution >= 0.6 is 11.8 Å². The monoisotopic (exact) mass is 490 g/mol. The van der Waals surface area contributed by atoms with Gasteiger partial charge in [-0.3, -0.25) is 10.1 Å². The number of ether oxygens (including phenoxy) is 1. The number of benzene rings is 3. The van der Waals surface area contributed by atoms with E-state index in [0.29, 0.717) is 17.9 Å². The van der Waals surface area contributed by atoms with E-state index in [1.54, 1.807) is 18.2 Å². The second kappa shape index (κ2) is 11.1. The fourth-order valence-electron chi connectivity index (χ4n) is 4.23. The average Bonchev–Trinajstić information content (AvgIpc) is 3.19. The molecule has 3 aromatic rings. The Kier molecular flexibility index (Phi) is 7.72. The summed E-state index contributed by atoms with van der Waals surface area (Å²) < 4.78 is 5.55. The van der Waals surface area contributed by atoms with Crippen molar-refractivity contribution in [2.45, 2.75) is 18.4 Å². The van der Waals surface area contributed by atoms with Gasteiger partial charge in [-0.2, -0.15) is 11.8 Å². The Balaban J connectivity index is 1.38. The highest BCUT2D eigenvalue weighted by Gasteiger charge is 2.29. The number of hydrogen-bond donors (Lipinski definition) is 3. The summed E-state index contributed by atoms with van der Waals surface area (Å²) in [6.07, 6.45) is 1.56. The van der Waals surface area contributed by atoms with Crippen molar-refractivity contribution in [3.8, 4) is 11.1 Å². The molecule has 4 rings (SSSR count). The van der Waals surface area contributed by atoms with Crippen molar-refractivity contribution < 1.29 is 24.2 Å². The summed E-state index contributed by atoms with van der Waals surface area (Å²) >= 11 is 1.51. The number of nitrogens with one attached hydrogen (secondary N) is 2. The van der Waals surface area contributed by atoms with Gasteiger partial charge in [0.05, 0.1) is 0 Å². The predicted octanol–water partition coefficient (Wildman–Crippen LogP) is 4.98. The molecule has 3 N–H and O–H groups in total. The highest BCUT2D eigenvalue weighted by molar-refractivity contribution is 7.98. The largest absolute Gasteiger partial charge is 0.480 e. The first kappa shape index (κ1) is 24.3. The first-order valence-electron chi connectivity index (χ1n) is 11.2. The number of anilines is 1. The minimum Gasteiger partial charge on any atom is -0.480 e. The maximum atomic E-state index is 12.6. The first-order valence-corrected chi connectivity index (χ1v) is 12.6. The lowest BCUT2D eigenvalue weighted by atomic mass is 9.98. The molecule has 2 amide bonds. The minimum atomic E-state index is -1.08. The van der Waals surface area contributed by atoms with E-state index in [2.05, 4.69) is 22.8 Å². The van der Waals surface area contributed by atoms with Crippen molar-refractivity contribution in [2.24, 2.45) is 0 Å². The third kappa shape index (κ3) is 5.66. The van der Waals surface area contributed by atoms with Gasteiger partial charge in [-0.1, -0.05) is 54.6 Å². The molecule has 7 nitrogen and oxygen atoms in total. The zero-order valence-electron chi connectivity index (χ0n) is 19.2. The van der Waals surface area contributed by atoms with Crippen LogP contribution in [0.25, 0.3) is 11.1 Å². The number of rotatable bonds is 9. The standard InChI is InChI=1S/C27H26N2O5S/c1-35-14-13-24(26(31)32)29-25(30)17-7-6-8-18(15-17)28-27(33)34-16-23-21-11-4-2-9-19(21)20-10-3-5-12-22(20)23/h2-12,15,23-24H,13-14,16H2,1H3,(H,28,33)(H,29,30)(H,31,32)/t24-/m1/s1. The third-order valence-electron chi connectivity index (χ3n) is 5.93. The van der Waals surface area contributed by atoms with Crippen LogP contribution in [0.5, 0.6) is 0 Å². The molecule has 0 radical (unpaired) electrons. The van der Waals surface area contributed by atoms with Crippen LogP contribution in [-0.4, -0.2) is 47.7 Å². The molecule has 1 aliphatic rings. The van der Waals surface area contributed by atoms with Crippen LogP contribution in [0.1, 0.15) is 33.8 Å². The lowest BCUT2D eigenvalue weighted by Gasteiger charge is -2.15. The van der Waals surface area contributed by atoms with Gasteiger partial charge < -0.3 is 15.2 Å². The normalized spacial score (nSPS) is 12.8. The number of amides is 2. The summed E-state index contributed by atoms with van der Waals surface area (Å²) in [4.78, 5) is 36.5. The van der Waals surface area contributed by atoms with E-state index in [-0.39, 0.29) is 18.1 Å². The van der Waals surface area contributed by atoms with Gasteiger partial charge in [0.2, 0.25) is 0 Å². The highest BCUT2D eigenvalue weighted by atomic mass is 32.2. The maximum Gasteiger partial charge on any atom is 0.411 e. The van der Waals surface area contributed by atoms with Gasteiger partial charge >= 0.3 is 12.1 Å². The van der Waals surface area contributed by atoms with Gasteiger partial charge in [-0.15, -0.1) is 0 Å². The van der Waals surface area contributed by atoms with Crippen LogP contribution in [-0.2, 0) is 9.53 Å². The number of fused-ring (bicyclic) bond motifs is 3. The van der Waals surface area contributed by atoms with Gasteiger partial charge in [0.15, 0.2) is 0 Å². The van der Waals surface area contributed by atoms with Crippen LogP contribution in [0.2, 0.25) is 0 Å². The van der Waals surface area contributed by atoms with Crippen molar-refractivity contribution in [1.29, 1.82) is 0 Å². The Bertz CT molecular complexity index is 1200. The van der Waals surface area contributed by atoms with Crippen molar-refractivity contribution >= 4 is 35.4 Å². The molecule has 0 saturated heterocycles. The molecule has 0 spiro atoms. The quantitative estimate of drug-likeness (QED) is 0.391. The van der Waals surface area contributed by atoms with Crippen molar-refractivity contribution in [3.63, 3.8) is 0 Å². The molecule has 0 fully saturated rings. The molecule has 35 heavy (non-hydrogen) atoms. The summed E-state index contributed by atoms with van der Waals surface area (Å²) in [6.45, 7) is 0.176. The average molecular weight is 491 g/mol. The van der Waals surface area contributed by atoms with Crippen LogP contribution in [0.3, 0.4) is 0 Å². The number of carboxylic acid groups (broad SMARTS) is 1. The summed E-state index contributed by atoms with van der Waals surface area (Å²) in [5.41, 5.74) is 5.16. The number of carbonyl (C=O) groups excluding carboxylic acids is 2. The van der Waals surface area contributed by atoms with Gasteiger partial charge in [-0.25, -0.2) is 9.59 Å². The first-order chi connectivity index (χ1) is 17.0. The highest BCUT2D eigenvalue weighted by Crippen LogP contribution is 2.44. The van der Waals surface area contributed by atoms with E-state index in [4.69, 9.17) is 4.74 Å². The van der Waals surface area contributed by atoms with E-state index in [0.717, 1.165) is 22.3 Å². The second-order valence-corrected chi connectivity index (χ2v) is 9.16. The van der Waals surface area contributed by atoms with E-state index >= 15 is 0 Å². The Morgan fingerprint density at radius 2 is 1.63 bits per heavy atom. The lowest BCUT2D eigenvalue weighted by Crippen LogP contribution is -2.41.